The third kappa shape index (κ3) is 5.37. The minimum absolute atomic E-state index is 0.0164. The van der Waals surface area contributed by atoms with E-state index >= 15 is 0 Å². The third-order valence-electron chi connectivity index (χ3n) is 3.92. The van der Waals surface area contributed by atoms with Gasteiger partial charge >= 0.3 is 12.8 Å². The lowest BCUT2D eigenvalue weighted by molar-refractivity contribution is -0.141. The van der Waals surface area contributed by atoms with Gasteiger partial charge in [-0.15, -0.1) is 0 Å². The predicted molar refractivity (Wildman–Crippen MR) is 95.4 cm³/mol. The lowest BCUT2D eigenvalue weighted by Gasteiger charge is -2.17. The third-order valence-corrected chi connectivity index (χ3v) is 3.92. The summed E-state index contributed by atoms with van der Waals surface area (Å²) in [5.74, 6) is -0.144. The van der Waals surface area contributed by atoms with Crippen molar-refractivity contribution in [2.24, 2.45) is 0 Å². The summed E-state index contributed by atoms with van der Waals surface area (Å²) in [7, 11) is 0. The minimum atomic E-state index is -4.65. The van der Waals surface area contributed by atoms with Gasteiger partial charge in [0.1, 0.15) is 11.6 Å². The Bertz CT molecular complexity index is 949. The molecule has 0 spiro atoms. The summed E-state index contributed by atoms with van der Waals surface area (Å²) in [4.78, 5) is 11.6. The van der Waals surface area contributed by atoms with Gasteiger partial charge in [0.25, 0.3) is 0 Å². The van der Waals surface area contributed by atoms with Gasteiger partial charge in [-0.05, 0) is 36.8 Å². The molecule has 3 aromatic rings. The second-order valence-corrected chi connectivity index (χ2v) is 6.01. The van der Waals surface area contributed by atoms with E-state index in [1.54, 1.807) is 6.92 Å². The average molecular weight is 410 g/mol. The lowest BCUT2D eigenvalue weighted by atomic mass is 10.1. The predicted octanol–water partition coefficient (Wildman–Crippen LogP) is 5.33. The molecule has 1 aromatic carbocycles. The highest BCUT2D eigenvalue weighted by atomic mass is 19.4. The number of nitrogens with zero attached hydrogens (tertiary/aromatic N) is 3. The zero-order valence-corrected chi connectivity index (χ0v) is 15.0. The molecule has 1 atom stereocenters. The van der Waals surface area contributed by atoms with Gasteiger partial charge in [0, 0.05) is 30.1 Å². The van der Waals surface area contributed by atoms with Crippen LogP contribution >= 0.6 is 0 Å². The number of aromatic nitrogens is 3. The molecule has 0 aliphatic heterocycles. The first-order valence-corrected chi connectivity index (χ1v) is 8.40. The topological polar surface area (TPSA) is 59.9 Å². The van der Waals surface area contributed by atoms with Crippen molar-refractivity contribution in [1.82, 2.24) is 15.0 Å². The Morgan fingerprint density at radius 3 is 2.21 bits per heavy atom. The van der Waals surface area contributed by atoms with Crippen molar-refractivity contribution in [2.45, 2.75) is 25.8 Å². The molecular weight excluding hydrogens is 395 g/mol. The van der Waals surface area contributed by atoms with Crippen molar-refractivity contribution in [1.29, 1.82) is 0 Å². The van der Waals surface area contributed by atoms with E-state index in [-0.39, 0.29) is 17.4 Å². The number of nitrogens with one attached hydrogen (secondary N) is 1. The summed E-state index contributed by atoms with van der Waals surface area (Å²) in [6.45, 7) is -1.24. The second-order valence-electron chi connectivity index (χ2n) is 6.01. The van der Waals surface area contributed by atoms with Crippen LogP contribution in [-0.2, 0) is 6.18 Å². The molecule has 1 unspecified atom stereocenters. The van der Waals surface area contributed by atoms with E-state index < -0.39 is 24.5 Å². The molecule has 0 saturated carbocycles. The van der Waals surface area contributed by atoms with Crippen molar-refractivity contribution in [2.75, 3.05) is 5.32 Å². The van der Waals surface area contributed by atoms with Crippen molar-refractivity contribution in [3.05, 3.63) is 66.1 Å². The number of hydrogen-bond donors (Lipinski definition) is 1. The molecule has 3 rings (SSSR count). The Balaban J connectivity index is 1.87. The van der Waals surface area contributed by atoms with E-state index in [1.807, 2.05) is 0 Å². The van der Waals surface area contributed by atoms with Gasteiger partial charge in [-0.3, -0.25) is 4.98 Å². The van der Waals surface area contributed by atoms with Crippen LogP contribution in [0.2, 0.25) is 0 Å². The fourth-order valence-electron chi connectivity index (χ4n) is 2.54. The molecule has 2 aromatic heterocycles. The molecule has 29 heavy (non-hydrogen) atoms. The normalized spacial score (nSPS) is 12.7. The van der Waals surface area contributed by atoms with Gasteiger partial charge in [-0.1, -0.05) is 12.1 Å². The van der Waals surface area contributed by atoms with Gasteiger partial charge in [0.2, 0.25) is 0 Å². The molecule has 1 N–H and O–H groups in total. The van der Waals surface area contributed by atoms with Gasteiger partial charge in [-0.2, -0.15) is 22.0 Å². The molecule has 5 nitrogen and oxygen atoms in total. The Hall–Kier alpha value is -3.30. The van der Waals surface area contributed by atoms with Crippen molar-refractivity contribution in [3.8, 4) is 17.1 Å². The monoisotopic (exact) mass is 410 g/mol. The maximum absolute atomic E-state index is 13.3. The smallest absolute Gasteiger partial charge is 0.433 e. The largest absolute Gasteiger partial charge is 0.435 e. The summed E-state index contributed by atoms with van der Waals surface area (Å²) >= 11 is 0. The number of anilines is 1. The Morgan fingerprint density at radius 2 is 1.62 bits per heavy atom. The Kier molecular flexibility index (Phi) is 5.90. The Morgan fingerprint density at radius 1 is 0.966 bits per heavy atom. The average Bonchev–Trinajstić information content (AvgIpc) is 2.68. The highest BCUT2D eigenvalue weighted by Gasteiger charge is 2.34. The van der Waals surface area contributed by atoms with Crippen molar-refractivity contribution in [3.63, 3.8) is 0 Å². The second kappa shape index (κ2) is 8.38. The number of benzene rings is 1. The van der Waals surface area contributed by atoms with Crippen LogP contribution < -0.4 is 10.1 Å². The number of pyridine rings is 1. The molecule has 0 bridgehead atoms. The molecule has 0 fully saturated rings. The fourth-order valence-corrected chi connectivity index (χ4v) is 2.54. The van der Waals surface area contributed by atoms with E-state index in [1.165, 1.54) is 48.8 Å². The van der Waals surface area contributed by atoms with Gasteiger partial charge in [-0.25, -0.2) is 9.97 Å². The van der Waals surface area contributed by atoms with E-state index in [0.29, 0.717) is 11.1 Å². The first-order chi connectivity index (χ1) is 13.7. The summed E-state index contributed by atoms with van der Waals surface area (Å²) in [5.41, 5.74) is -0.0609. The SMILES string of the molecule is CC(Nc1cc(C(F)(F)F)nc(-c2ccncc2)n1)c1ccc(OC(F)F)cc1. The maximum atomic E-state index is 13.3. The van der Waals surface area contributed by atoms with Crippen LogP contribution in [0.5, 0.6) is 5.75 Å². The van der Waals surface area contributed by atoms with Gasteiger partial charge in [0.15, 0.2) is 11.5 Å². The Labute approximate surface area is 162 Å². The number of halogens is 5. The zero-order chi connectivity index (χ0) is 21.0. The minimum Gasteiger partial charge on any atom is -0.435 e. The standard InChI is InChI=1S/C19H15F5N4O/c1-11(12-2-4-14(5-3-12)29-18(20)21)26-16-10-15(19(22,23)24)27-17(28-16)13-6-8-25-9-7-13/h2-11,18H,1H3,(H,26,27,28). The summed E-state index contributed by atoms with van der Waals surface area (Å²) in [6, 6.07) is 9.13. The first kappa shape index (κ1) is 20.4. The zero-order valence-electron chi connectivity index (χ0n) is 15.0. The van der Waals surface area contributed by atoms with Gasteiger partial charge < -0.3 is 10.1 Å². The van der Waals surface area contributed by atoms with E-state index in [9.17, 15) is 22.0 Å². The number of alkyl halides is 5. The molecule has 152 valence electrons. The summed E-state index contributed by atoms with van der Waals surface area (Å²) < 4.78 is 68.6. The van der Waals surface area contributed by atoms with Gasteiger partial charge in [0.05, 0.1) is 0 Å². The van der Waals surface area contributed by atoms with Crippen molar-refractivity contribution < 1.29 is 26.7 Å². The van der Waals surface area contributed by atoms with Crippen LogP contribution in [-0.4, -0.2) is 21.6 Å². The molecule has 2 heterocycles. The first-order valence-electron chi connectivity index (χ1n) is 8.40. The van der Waals surface area contributed by atoms with Crippen LogP contribution in [0.1, 0.15) is 24.2 Å². The molecule has 10 heteroatoms. The van der Waals surface area contributed by atoms with Crippen LogP contribution in [0.15, 0.2) is 54.9 Å². The van der Waals surface area contributed by atoms with Crippen LogP contribution in [0.3, 0.4) is 0 Å². The van der Waals surface area contributed by atoms with Crippen LogP contribution in [0.25, 0.3) is 11.4 Å². The highest BCUT2D eigenvalue weighted by Crippen LogP contribution is 2.31. The number of rotatable bonds is 6. The molecule has 0 aliphatic carbocycles. The lowest BCUT2D eigenvalue weighted by Crippen LogP contribution is -2.14. The molecule has 0 saturated heterocycles. The van der Waals surface area contributed by atoms with E-state index in [0.717, 1.165) is 6.07 Å². The molecule has 0 aliphatic rings. The molecular formula is C19H15F5N4O. The van der Waals surface area contributed by atoms with E-state index in [4.69, 9.17) is 0 Å². The highest BCUT2D eigenvalue weighted by molar-refractivity contribution is 5.57. The van der Waals surface area contributed by atoms with Crippen molar-refractivity contribution >= 4 is 5.82 Å². The fraction of sp³-hybridized carbons (Fsp3) is 0.211. The number of ether oxygens (including phenoxy) is 1. The van der Waals surface area contributed by atoms with Crippen LogP contribution in [0, 0.1) is 0 Å². The molecule has 0 radical (unpaired) electrons. The quantitative estimate of drug-likeness (QED) is 0.557. The summed E-state index contributed by atoms with van der Waals surface area (Å²) in [6.07, 6.45) is -1.80. The van der Waals surface area contributed by atoms with E-state index in [2.05, 4.69) is 25.0 Å². The molecule has 0 amide bonds. The summed E-state index contributed by atoms with van der Waals surface area (Å²) in [5, 5.41) is 2.89. The maximum Gasteiger partial charge on any atom is 0.433 e. The number of hydrogen-bond acceptors (Lipinski definition) is 5. The van der Waals surface area contributed by atoms with Crippen LogP contribution in [0.4, 0.5) is 27.8 Å².